The summed E-state index contributed by atoms with van der Waals surface area (Å²) in [6.45, 7) is 0.491. The Kier molecular flexibility index (Phi) is 3.71. The van der Waals surface area contributed by atoms with Crippen LogP contribution in [0.3, 0.4) is 0 Å². The van der Waals surface area contributed by atoms with Crippen LogP contribution in [0.15, 0.2) is 36.4 Å². The van der Waals surface area contributed by atoms with Crippen molar-refractivity contribution in [2.24, 2.45) is 0 Å². The van der Waals surface area contributed by atoms with Crippen molar-refractivity contribution in [1.29, 1.82) is 0 Å². The summed E-state index contributed by atoms with van der Waals surface area (Å²) < 4.78 is 4.76. The van der Waals surface area contributed by atoms with E-state index in [0.717, 1.165) is 17.2 Å². The molecule has 0 radical (unpaired) electrons. The zero-order valence-corrected chi connectivity index (χ0v) is 12.3. The number of amides is 1. The number of hydrogen-bond acceptors (Lipinski definition) is 4. The fourth-order valence-corrected chi connectivity index (χ4v) is 2.95. The first kappa shape index (κ1) is 14.4. The zero-order chi connectivity index (χ0) is 15.7. The standard InChI is InChI=1S/C17H17NO4/c1-22-17(21)14-7-4-8-18(14)16(20)13-9-11-5-2-3-6-12(11)10-15(13)19/h2-3,5-6,9-10,14,19H,4,7-8H2,1H3/t14-/m0/s1. The lowest BCUT2D eigenvalue weighted by Crippen LogP contribution is -2.41. The highest BCUT2D eigenvalue weighted by Crippen LogP contribution is 2.29. The van der Waals surface area contributed by atoms with E-state index in [-0.39, 0.29) is 17.2 Å². The number of rotatable bonds is 2. The number of phenolic OH excluding ortho intramolecular Hbond substituents is 1. The Morgan fingerprint density at radius 3 is 2.59 bits per heavy atom. The van der Waals surface area contributed by atoms with Crippen LogP contribution in [-0.4, -0.2) is 41.6 Å². The smallest absolute Gasteiger partial charge is 0.328 e. The summed E-state index contributed by atoms with van der Waals surface area (Å²) in [5, 5.41) is 11.9. The second kappa shape index (κ2) is 5.67. The zero-order valence-electron chi connectivity index (χ0n) is 12.3. The molecular weight excluding hydrogens is 282 g/mol. The Bertz CT molecular complexity index is 741. The average molecular weight is 299 g/mol. The van der Waals surface area contributed by atoms with Crippen LogP contribution in [-0.2, 0) is 9.53 Å². The van der Waals surface area contributed by atoms with Crippen molar-refractivity contribution >= 4 is 22.6 Å². The summed E-state index contributed by atoms with van der Waals surface area (Å²) in [7, 11) is 1.32. The van der Waals surface area contributed by atoms with Crippen molar-refractivity contribution in [3.63, 3.8) is 0 Å². The Hall–Kier alpha value is -2.56. The van der Waals surface area contributed by atoms with E-state index in [9.17, 15) is 14.7 Å². The quantitative estimate of drug-likeness (QED) is 0.864. The predicted octanol–water partition coefficient (Wildman–Crippen LogP) is 2.32. The molecule has 0 bridgehead atoms. The van der Waals surface area contributed by atoms with Crippen LogP contribution in [0.2, 0.25) is 0 Å². The van der Waals surface area contributed by atoms with Crippen molar-refractivity contribution in [3.8, 4) is 5.75 Å². The van der Waals surface area contributed by atoms with Crippen molar-refractivity contribution in [1.82, 2.24) is 4.90 Å². The fourth-order valence-electron chi connectivity index (χ4n) is 2.95. The van der Waals surface area contributed by atoms with Gasteiger partial charge in [-0.1, -0.05) is 24.3 Å². The Morgan fingerprint density at radius 1 is 1.23 bits per heavy atom. The number of aromatic hydroxyl groups is 1. The summed E-state index contributed by atoms with van der Waals surface area (Å²) in [6.07, 6.45) is 1.34. The molecule has 2 aromatic rings. The van der Waals surface area contributed by atoms with E-state index >= 15 is 0 Å². The first-order valence-electron chi connectivity index (χ1n) is 7.22. The third-order valence-electron chi connectivity index (χ3n) is 4.08. The van der Waals surface area contributed by atoms with Crippen molar-refractivity contribution < 1.29 is 19.4 Å². The van der Waals surface area contributed by atoms with Gasteiger partial charge in [-0.3, -0.25) is 4.79 Å². The summed E-state index contributed by atoms with van der Waals surface area (Å²) in [5.41, 5.74) is 0.217. The van der Waals surface area contributed by atoms with Crippen molar-refractivity contribution in [2.75, 3.05) is 13.7 Å². The van der Waals surface area contributed by atoms with Gasteiger partial charge in [0, 0.05) is 6.54 Å². The summed E-state index contributed by atoms with van der Waals surface area (Å²) in [4.78, 5) is 26.0. The number of carbonyl (C=O) groups excluding carboxylic acids is 2. The van der Waals surface area contributed by atoms with E-state index in [1.54, 1.807) is 12.1 Å². The van der Waals surface area contributed by atoms with Crippen LogP contribution >= 0.6 is 0 Å². The molecular formula is C17H17NO4. The average Bonchev–Trinajstić information content (AvgIpc) is 3.02. The molecule has 0 spiro atoms. The molecule has 1 N–H and O–H groups in total. The molecule has 0 saturated carbocycles. The molecule has 2 aromatic carbocycles. The number of carbonyl (C=O) groups is 2. The number of methoxy groups -OCH3 is 1. The second-order valence-corrected chi connectivity index (χ2v) is 5.40. The third-order valence-corrected chi connectivity index (χ3v) is 4.08. The molecule has 1 saturated heterocycles. The van der Waals surface area contributed by atoms with E-state index in [1.165, 1.54) is 12.0 Å². The first-order valence-corrected chi connectivity index (χ1v) is 7.22. The Balaban J connectivity index is 1.98. The van der Waals surface area contributed by atoms with Gasteiger partial charge in [-0.25, -0.2) is 4.79 Å². The Morgan fingerprint density at radius 2 is 1.91 bits per heavy atom. The van der Waals surface area contributed by atoms with Crippen LogP contribution in [0.4, 0.5) is 0 Å². The number of esters is 1. The molecule has 1 amide bonds. The summed E-state index contributed by atoms with van der Waals surface area (Å²) in [5.74, 6) is -0.818. The number of phenols is 1. The molecule has 0 unspecified atom stereocenters. The molecule has 0 aliphatic carbocycles. The van der Waals surface area contributed by atoms with Gasteiger partial charge in [0.1, 0.15) is 11.8 Å². The number of likely N-dealkylation sites (tertiary alicyclic amines) is 1. The van der Waals surface area contributed by atoms with E-state index in [1.807, 2.05) is 24.3 Å². The normalized spacial score (nSPS) is 17.7. The first-order chi connectivity index (χ1) is 10.6. The number of hydrogen-bond donors (Lipinski definition) is 1. The van der Waals surface area contributed by atoms with Crippen LogP contribution < -0.4 is 0 Å². The fraction of sp³-hybridized carbons (Fsp3) is 0.294. The highest BCUT2D eigenvalue weighted by molar-refractivity contribution is 6.03. The summed E-state index contributed by atoms with van der Waals surface area (Å²) in [6, 6.07) is 10.2. The molecule has 0 aromatic heterocycles. The lowest BCUT2D eigenvalue weighted by Gasteiger charge is -2.23. The van der Waals surface area contributed by atoms with E-state index < -0.39 is 12.0 Å². The van der Waals surface area contributed by atoms with Crippen molar-refractivity contribution in [2.45, 2.75) is 18.9 Å². The number of fused-ring (bicyclic) bond motifs is 1. The van der Waals surface area contributed by atoms with Gasteiger partial charge < -0.3 is 14.7 Å². The Labute approximate surface area is 128 Å². The summed E-state index contributed by atoms with van der Waals surface area (Å²) >= 11 is 0. The monoisotopic (exact) mass is 299 g/mol. The van der Waals surface area contributed by atoms with Gasteiger partial charge >= 0.3 is 5.97 Å². The molecule has 1 aliphatic heterocycles. The van der Waals surface area contributed by atoms with Crippen LogP contribution in [0, 0.1) is 0 Å². The van der Waals surface area contributed by atoms with E-state index in [0.29, 0.717) is 13.0 Å². The molecule has 1 heterocycles. The molecule has 1 fully saturated rings. The molecule has 114 valence electrons. The van der Waals surface area contributed by atoms with Crippen LogP contribution in [0.1, 0.15) is 23.2 Å². The van der Waals surface area contributed by atoms with Gasteiger partial charge in [0.15, 0.2) is 0 Å². The van der Waals surface area contributed by atoms with E-state index in [2.05, 4.69) is 0 Å². The maximum Gasteiger partial charge on any atom is 0.328 e. The van der Waals surface area contributed by atoms with Crippen molar-refractivity contribution in [3.05, 3.63) is 42.0 Å². The van der Waals surface area contributed by atoms with Gasteiger partial charge in [-0.2, -0.15) is 0 Å². The molecule has 3 rings (SSSR count). The molecule has 5 heteroatoms. The van der Waals surface area contributed by atoms with Gasteiger partial charge in [-0.15, -0.1) is 0 Å². The number of ether oxygens (including phenoxy) is 1. The van der Waals surface area contributed by atoms with Gasteiger partial charge in [0.2, 0.25) is 0 Å². The van der Waals surface area contributed by atoms with Crippen LogP contribution in [0.5, 0.6) is 5.75 Å². The third kappa shape index (κ3) is 2.39. The molecule has 1 atom stereocenters. The number of nitrogens with zero attached hydrogens (tertiary/aromatic N) is 1. The largest absolute Gasteiger partial charge is 0.507 e. The molecule has 5 nitrogen and oxygen atoms in total. The maximum absolute atomic E-state index is 12.7. The molecule has 1 aliphatic rings. The van der Waals surface area contributed by atoms with Gasteiger partial charge in [-0.05, 0) is 35.7 Å². The van der Waals surface area contributed by atoms with E-state index in [4.69, 9.17) is 4.74 Å². The minimum Gasteiger partial charge on any atom is -0.507 e. The molecule has 22 heavy (non-hydrogen) atoms. The lowest BCUT2D eigenvalue weighted by molar-refractivity contribution is -0.145. The highest BCUT2D eigenvalue weighted by Gasteiger charge is 2.36. The van der Waals surface area contributed by atoms with Gasteiger partial charge in [0.25, 0.3) is 5.91 Å². The topological polar surface area (TPSA) is 66.8 Å². The second-order valence-electron chi connectivity index (χ2n) is 5.40. The lowest BCUT2D eigenvalue weighted by atomic mass is 10.0. The van der Waals surface area contributed by atoms with Gasteiger partial charge in [0.05, 0.1) is 12.7 Å². The number of benzene rings is 2. The highest BCUT2D eigenvalue weighted by atomic mass is 16.5. The minimum absolute atomic E-state index is 0.0702. The van der Waals surface area contributed by atoms with Crippen LogP contribution in [0.25, 0.3) is 10.8 Å². The minimum atomic E-state index is -0.566. The maximum atomic E-state index is 12.7. The SMILES string of the molecule is COC(=O)[C@@H]1CCCN1C(=O)c1cc2ccccc2cc1O. The predicted molar refractivity (Wildman–Crippen MR) is 81.7 cm³/mol.